The van der Waals surface area contributed by atoms with Crippen LogP contribution in [0, 0.1) is 5.92 Å². The van der Waals surface area contributed by atoms with Gasteiger partial charge in [-0.25, -0.2) is 0 Å². The lowest BCUT2D eigenvalue weighted by Gasteiger charge is -2.20. The van der Waals surface area contributed by atoms with Gasteiger partial charge in [0.15, 0.2) is 0 Å². The normalized spacial score (nSPS) is 11.9. The van der Waals surface area contributed by atoms with Crippen molar-refractivity contribution in [3.63, 3.8) is 0 Å². The first-order valence-electron chi connectivity index (χ1n) is 5.11. The summed E-state index contributed by atoms with van der Waals surface area (Å²) >= 11 is 0. The van der Waals surface area contributed by atoms with Gasteiger partial charge in [-0.2, -0.15) is 0 Å². The van der Waals surface area contributed by atoms with Crippen molar-refractivity contribution in [3.8, 4) is 0 Å². The third kappa shape index (κ3) is 5.88. The van der Waals surface area contributed by atoms with Crippen LogP contribution in [-0.2, 0) is 9.59 Å². The Morgan fingerprint density at radius 1 is 1.47 bits per heavy atom. The minimum absolute atomic E-state index is 0.00819. The van der Waals surface area contributed by atoms with Crippen molar-refractivity contribution < 1.29 is 14.7 Å². The number of likely N-dealkylation sites (N-methyl/N-ethyl adjacent to an activating group) is 1. The maximum atomic E-state index is 11.6. The second-order valence-corrected chi connectivity index (χ2v) is 3.63. The van der Waals surface area contributed by atoms with Crippen molar-refractivity contribution in [2.45, 2.75) is 26.7 Å². The van der Waals surface area contributed by atoms with Crippen LogP contribution >= 0.6 is 0 Å². The first kappa shape index (κ1) is 13.7. The van der Waals surface area contributed by atoms with Crippen molar-refractivity contribution in [1.29, 1.82) is 0 Å². The Bertz CT molecular complexity index is 238. The van der Waals surface area contributed by atoms with Gasteiger partial charge < -0.3 is 10.0 Å². The topological polar surface area (TPSA) is 57.6 Å². The number of amides is 1. The maximum Gasteiger partial charge on any atom is 0.303 e. The van der Waals surface area contributed by atoms with Gasteiger partial charge in [-0.1, -0.05) is 13.0 Å². The van der Waals surface area contributed by atoms with E-state index in [9.17, 15) is 9.59 Å². The number of carboxylic acid groups (broad SMARTS) is 1. The Labute approximate surface area is 90.6 Å². The molecular weight excluding hydrogens is 194 g/mol. The SMILES string of the molecule is C=CCN(CC)C(=O)CC(C)CC(=O)O. The van der Waals surface area contributed by atoms with Crippen LogP contribution in [0.3, 0.4) is 0 Å². The van der Waals surface area contributed by atoms with Crippen LogP contribution in [0.1, 0.15) is 26.7 Å². The average molecular weight is 213 g/mol. The minimum Gasteiger partial charge on any atom is -0.481 e. The number of hydrogen-bond acceptors (Lipinski definition) is 2. The highest BCUT2D eigenvalue weighted by molar-refractivity contribution is 5.77. The molecule has 0 fully saturated rings. The fraction of sp³-hybridized carbons (Fsp3) is 0.636. The van der Waals surface area contributed by atoms with Gasteiger partial charge in [-0.15, -0.1) is 6.58 Å². The van der Waals surface area contributed by atoms with E-state index in [1.165, 1.54) is 0 Å². The fourth-order valence-electron chi connectivity index (χ4n) is 1.36. The van der Waals surface area contributed by atoms with E-state index in [4.69, 9.17) is 5.11 Å². The van der Waals surface area contributed by atoms with E-state index in [1.807, 2.05) is 6.92 Å². The molecule has 4 heteroatoms. The highest BCUT2D eigenvalue weighted by atomic mass is 16.4. The molecular formula is C11H19NO3. The summed E-state index contributed by atoms with van der Waals surface area (Å²) in [6, 6.07) is 0. The molecule has 0 bridgehead atoms. The zero-order chi connectivity index (χ0) is 11.8. The van der Waals surface area contributed by atoms with Gasteiger partial charge in [0.2, 0.25) is 5.91 Å². The summed E-state index contributed by atoms with van der Waals surface area (Å²) in [5.41, 5.74) is 0. The van der Waals surface area contributed by atoms with Gasteiger partial charge in [0.1, 0.15) is 0 Å². The van der Waals surface area contributed by atoms with Gasteiger partial charge in [0, 0.05) is 25.9 Å². The summed E-state index contributed by atoms with van der Waals surface area (Å²) in [4.78, 5) is 23.7. The van der Waals surface area contributed by atoms with Gasteiger partial charge in [-0.05, 0) is 12.8 Å². The van der Waals surface area contributed by atoms with Crippen molar-refractivity contribution in [2.24, 2.45) is 5.92 Å². The molecule has 15 heavy (non-hydrogen) atoms. The van der Waals surface area contributed by atoms with Crippen LogP contribution in [0.5, 0.6) is 0 Å². The molecule has 0 aliphatic heterocycles. The van der Waals surface area contributed by atoms with Crippen molar-refractivity contribution in [3.05, 3.63) is 12.7 Å². The fourth-order valence-corrected chi connectivity index (χ4v) is 1.36. The van der Waals surface area contributed by atoms with E-state index >= 15 is 0 Å². The zero-order valence-electron chi connectivity index (χ0n) is 9.40. The van der Waals surface area contributed by atoms with E-state index in [2.05, 4.69) is 6.58 Å². The highest BCUT2D eigenvalue weighted by Gasteiger charge is 2.16. The molecule has 0 aromatic heterocycles. The predicted molar refractivity (Wildman–Crippen MR) is 58.5 cm³/mol. The average Bonchev–Trinajstić information content (AvgIpc) is 2.12. The molecule has 0 aromatic rings. The van der Waals surface area contributed by atoms with Crippen LogP contribution < -0.4 is 0 Å². The highest BCUT2D eigenvalue weighted by Crippen LogP contribution is 2.09. The molecule has 1 amide bonds. The predicted octanol–water partition coefficient (Wildman–Crippen LogP) is 1.52. The third-order valence-electron chi connectivity index (χ3n) is 2.13. The Morgan fingerprint density at radius 3 is 2.47 bits per heavy atom. The molecule has 0 saturated carbocycles. The molecule has 86 valence electrons. The first-order chi connectivity index (χ1) is 7.01. The lowest BCUT2D eigenvalue weighted by molar-refractivity contribution is -0.138. The number of carbonyl (C=O) groups excluding carboxylic acids is 1. The van der Waals surface area contributed by atoms with Crippen LogP contribution in [-0.4, -0.2) is 35.0 Å². The lowest BCUT2D eigenvalue weighted by atomic mass is 10.0. The molecule has 0 saturated heterocycles. The Morgan fingerprint density at radius 2 is 2.07 bits per heavy atom. The van der Waals surface area contributed by atoms with E-state index in [0.29, 0.717) is 13.1 Å². The zero-order valence-corrected chi connectivity index (χ0v) is 9.40. The Balaban J connectivity index is 4.08. The van der Waals surface area contributed by atoms with Crippen molar-refractivity contribution in [2.75, 3.05) is 13.1 Å². The number of aliphatic carboxylic acids is 1. The number of carboxylic acids is 1. The Kier molecular flexibility index (Phi) is 6.42. The number of carbonyl (C=O) groups is 2. The summed E-state index contributed by atoms with van der Waals surface area (Å²) in [7, 11) is 0. The summed E-state index contributed by atoms with van der Waals surface area (Å²) in [6.45, 7) is 8.39. The smallest absolute Gasteiger partial charge is 0.303 e. The molecule has 0 spiro atoms. The summed E-state index contributed by atoms with van der Waals surface area (Å²) in [5.74, 6) is -0.984. The summed E-state index contributed by atoms with van der Waals surface area (Å²) in [6.07, 6.45) is 1.99. The van der Waals surface area contributed by atoms with Gasteiger partial charge in [-0.3, -0.25) is 9.59 Å². The van der Waals surface area contributed by atoms with Crippen molar-refractivity contribution in [1.82, 2.24) is 4.90 Å². The van der Waals surface area contributed by atoms with Crippen molar-refractivity contribution >= 4 is 11.9 Å². The summed E-state index contributed by atoms with van der Waals surface area (Å²) < 4.78 is 0. The summed E-state index contributed by atoms with van der Waals surface area (Å²) in [5, 5.41) is 8.55. The molecule has 0 aromatic carbocycles. The quantitative estimate of drug-likeness (QED) is 0.652. The maximum absolute atomic E-state index is 11.6. The van der Waals surface area contributed by atoms with E-state index in [-0.39, 0.29) is 24.7 Å². The number of nitrogens with zero attached hydrogens (tertiary/aromatic N) is 1. The second-order valence-electron chi connectivity index (χ2n) is 3.63. The van der Waals surface area contributed by atoms with E-state index in [0.717, 1.165) is 0 Å². The lowest BCUT2D eigenvalue weighted by Crippen LogP contribution is -2.32. The van der Waals surface area contributed by atoms with Crippen LogP contribution in [0.2, 0.25) is 0 Å². The molecule has 0 radical (unpaired) electrons. The molecule has 0 aliphatic rings. The van der Waals surface area contributed by atoms with Gasteiger partial charge in [0.25, 0.3) is 0 Å². The first-order valence-corrected chi connectivity index (χ1v) is 5.11. The van der Waals surface area contributed by atoms with Gasteiger partial charge >= 0.3 is 5.97 Å². The van der Waals surface area contributed by atoms with E-state index < -0.39 is 5.97 Å². The standard InChI is InChI=1S/C11H19NO3/c1-4-6-12(5-2)10(13)7-9(3)8-11(14)15/h4,9H,1,5-8H2,2-3H3,(H,14,15). The molecule has 1 atom stereocenters. The Hall–Kier alpha value is -1.32. The number of hydrogen-bond donors (Lipinski definition) is 1. The van der Waals surface area contributed by atoms with Gasteiger partial charge in [0.05, 0.1) is 0 Å². The second kappa shape index (κ2) is 7.04. The largest absolute Gasteiger partial charge is 0.481 e. The van der Waals surface area contributed by atoms with Crippen LogP contribution in [0.25, 0.3) is 0 Å². The molecule has 0 rings (SSSR count). The van der Waals surface area contributed by atoms with E-state index in [1.54, 1.807) is 17.9 Å². The van der Waals surface area contributed by atoms with Crippen LogP contribution in [0.4, 0.5) is 0 Å². The molecule has 0 aliphatic carbocycles. The number of rotatable bonds is 7. The minimum atomic E-state index is -0.859. The molecule has 1 unspecified atom stereocenters. The molecule has 4 nitrogen and oxygen atoms in total. The molecule has 1 N–H and O–H groups in total. The monoisotopic (exact) mass is 213 g/mol. The third-order valence-corrected chi connectivity index (χ3v) is 2.13. The molecule has 0 heterocycles. The van der Waals surface area contributed by atoms with Crippen LogP contribution in [0.15, 0.2) is 12.7 Å².